The van der Waals surface area contributed by atoms with Gasteiger partial charge in [-0.05, 0) is 19.3 Å². The molecular weight excluding hydrogens is 168 g/mol. The zero-order chi connectivity index (χ0) is 10.5. The van der Waals surface area contributed by atoms with Crippen LogP contribution in [0.1, 0.15) is 65.2 Å². The summed E-state index contributed by atoms with van der Waals surface area (Å²) < 4.78 is 0. The van der Waals surface area contributed by atoms with Crippen molar-refractivity contribution < 1.29 is 0 Å². The van der Waals surface area contributed by atoms with Crippen molar-refractivity contribution in [3.63, 3.8) is 0 Å². The van der Waals surface area contributed by atoms with E-state index in [1.54, 1.807) is 0 Å². The molecule has 0 unspecified atom stereocenters. The maximum atomic E-state index is 2.29. The largest absolute Gasteiger partial charge is 0.0846 e. The number of hydrogen-bond donors (Lipinski definition) is 0. The molecule has 14 heavy (non-hydrogen) atoms. The summed E-state index contributed by atoms with van der Waals surface area (Å²) in [5.74, 6) is 0. The van der Waals surface area contributed by atoms with E-state index in [0.717, 1.165) is 0 Å². The summed E-state index contributed by atoms with van der Waals surface area (Å²) in [5, 5.41) is 0. The Kier molecular flexibility index (Phi) is 12.0. The second-order valence-corrected chi connectivity index (χ2v) is 3.85. The fourth-order valence-corrected chi connectivity index (χ4v) is 1.38. The predicted octanol–water partition coefficient (Wildman–Crippen LogP) is 5.26. The molecule has 0 amide bonds. The third-order valence-electron chi connectivity index (χ3n) is 2.31. The molecule has 0 nitrogen and oxygen atoms in total. The number of unbranched alkanes of at least 4 members (excludes halogenated alkanes) is 6. The Morgan fingerprint density at radius 2 is 1.29 bits per heavy atom. The molecule has 0 aromatic rings. The first-order chi connectivity index (χ1) is 6.91. The lowest BCUT2D eigenvalue weighted by Crippen LogP contribution is -1.75. The van der Waals surface area contributed by atoms with Crippen molar-refractivity contribution in [2.45, 2.75) is 65.2 Å². The summed E-state index contributed by atoms with van der Waals surface area (Å²) >= 11 is 0. The average Bonchev–Trinajstić information content (AvgIpc) is 2.21. The van der Waals surface area contributed by atoms with Crippen LogP contribution in [0, 0.1) is 0 Å². The van der Waals surface area contributed by atoms with Gasteiger partial charge in [-0.25, -0.2) is 0 Å². The van der Waals surface area contributed by atoms with Gasteiger partial charge in [0.15, 0.2) is 0 Å². The van der Waals surface area contributed by atoms with Gasteiger partial charge in [-0.15, -0.1) is 0 Å². The third kappa shape index (κ3) is 11.5. The molecule has 0 heteroatoms. The summed E-state index contributed by atoms with van der Waals surface area (Å²) in [6, 6.07) is 0. The molecule has 82 valence electrons. The maximum Gasteiger partial charge on any atom is -0.0348 e. The first kappa shape index (κ1) is 13.5. The molecule has 0 atom stereocenters. The van der Waals surface area contributed by atoms with Crippen LogP contribution in [0.25, 0.3) is 0 Å². The summed E-state index contributed by atoms with van der Waals surface area (Å²) in [6.45, 7) is 4.47. The van der Waals surface area contributed by atoms with Crippen molar-refractivity contribution >= 4 is 0 Å². The average molecular weight is 194 g/mol. The quantitative estimate of drug-likeness (QED) is 0.347. The Morgan fingerprint density at radius 3 is 1.93 bits per heavy atom. The zero-order valence-corrected chi connectivity index (χ0v) is 9.97. The lowest BCUT2D eigenvalue weighted by atomic mass is 10.1. The van der Waals surface area contributed by atoms with Crippen molar-refractivity contribution in [2.24, 2.45) is 0 Å². The van der Waals surface area contributed by atoms with Crippen LogP contribution in [0.4, 0.5) is 0 Å². The molecule has 0 spiro atoms. The Hall–Kier alpha value is -0.520. The molecular formula is C14H26. The van der Waals surface area contributed by atoms with E-state index >= 15 is 0 Å². The van der Waals surface area contributed by atoms with E-state index in [1.165, 1.54) is 51.4 Å². The van der Waals surface area contributed by atoms with Crippen molar-refractivity contribution in [3.05, 3.63) is 24.3 Å². The summed E-state index contributed by atoms with van der Waals surface area (Å²) in [5.41, 5.74) is 0. The molecule has 0 fully saturated rings. The fraction of sp³-hybridized carbons (Fsp3) is 0.714. The highest BCUT2D eigenvalue weighted by atomic mass is 13.9. The minimum absolute atomic E-state index is 1.21. The first-order valence-electron chi connectivity index (χ1n) is 6.23. The second kappa shape index (κ2) is 12.5. The normalized spacial score (nSPS) is 11.9. The minimum atomic E-state index is 1.21. The van der Waals surface area contributed by atoms with Gasteiger partial charge in [-0.1, -0.05) is 70.3 Å². The van der Waals surface area contributed by atoms with Gasteiger partial charge in [0.2, 0.25) is 0 Å². The summed E-state index contributed by atoms with van der Waals surface area (Å²) in [4.78, 5) is 0. The van der Waals surface area contributed by atoms with Crippen LogP contribution in [0.5, 0.6) is 0 Å². The Morgan fingerprint density at radius 1 is 0.643 bits per heavy atom. The predicted molar refractivity (Wildman–Crippen MR) is 66.6 cm³/mol. The number of rotatable bonds is 9. The third-order valence-corrected chi connectivity index (χ3v) is 2.31. The van der Waals surface area contributed by atoms with E-state index in [1.807, 2.05) is 0 Å². The second-order valence-electron chi connectivity index (χ2n) is 3.85. The molecule has 0 aliphatic rings. The van der Waals surface area contributed by atoms with Gasteiger partial charge in [0, 0.05) is 0 Å². The van der Waals surface area contributed by atoms with E-state index in [-0.39, 0.29) is 0 Å². The SMILES string of the molecule is CCCC=CC=CCCCCCCC. The molecule has 0 saturated carbocycles. The zero-order valence-electron chi connectivity index (χ0n) is 9.97. The van der Waals surface area contributed by atoms with E-state index in [2.05, 4.69) is 38.2 Å². The smallest absolute Gasteiger partial charge is 0.0348 e. The van der Waals surface area contributed by atoms with Crippen molar-refractivity contribution in [1.82, 2.24) is 0 Å². The van der Waals surface area contributed by atoms with Gasteiger partial charge in [0.05, 0.1) is 0 Å². The molecule has 0 bridgehead atoms. The number of hydrogen-bond acceptors (Lipinski definition) is 0. The molecule has 0 saturated heterocycles. The lowest BCUT2D eigenvalue weighted by molar-refractivity contribution is 0.637. The monoisotopic (exact) mass is 194 g/mol. The Balaban J connectivity index is 3.10. The summed E-state index contributed by atoms with van der Waals surface area (Å²) in [7, 11) is 0. The fourth-order valence-electron chi connectivity index (χ4n) is 1.38. The van der Waals surface area contributed by atoms with Gasteiger partial charge in [0.1, 0.15) is 0 Å². The Labute approximate surface area is 90.1 Å². The highest BCUT2D eigenvalue weighted by molar-refractivity contribution is 5.01. The molecule has 0 radical (unpaired) electrons. The van der Waals surface area contributed by atoms with Gasteiger partial charge in [-0.3, -0.25) is 0 Å². The van der Waals surface area contributed by atoms with Crippen LogP contribution < -0.4 is 0 Å². The maximum absolute atomic E-state index is 2.29. The van der Waals surface area contributed by atoms with E-state index in [4.69, 9.17) is 0 Å². The minimum Gasteiger partial charge on any atom is -0.0846 e. The molecule has 0 aliphatic heterocycles. The van der Waals surface area contributed by atoms with Crippen molar-refractivity contribution in [3.8, 4) is 0 Å². The molecule has 0 rings (SSSR count). The van der Waals surface area contributed by atoms with Crippen LogP contribution in [0.3, 0.4) is 0 Å². The van der Waals surface area contributed by atoms with Gasteiger partial charge < -0.3 is 0 Å². The van der Waals surface area contributed by atoms with Crippen LogP contribution in [0.2, 0.25) is 0 Å². The highest BCUT2D eigenvalue weighted by Crippen LogP contribution is 2.05. The van der Waals surface area contributed by atoms with E-state index < -0.39 is 0 Å². The van der Waals surface area contributed by atoms with Gasteiger partial charge in [-0.2, -0.15) is 0 Å². The van der Waals surface area contributed by atoms with Crippen LogP contribution in [0.15, 0.2) is 24.3 Å². The van der Waals surface area contributed by atoms with Crippen LogP contribution in [-0.4, -0.2) is 0 Å². The standard InChI is InChI=1S/C14H26/c1-3-5-7-9-11-13-14-12-10-8-6-4-2/h7,9,11,13H,3-6,8,10,12,14H2,1-2H3. The van der Waals surface area contributed by atoms with E-state index in [9.17, 15) is 0 Å². The highest BCUT2D eigenvalue weighted by Gasteiger charge is 1.85. The molecule has 0 N–H and O–H groups in total. The number of allylic oxidation sites excluding steroid dienone is 4. The van der Waals surface area contributed by atoms with Crippen molar-refractivity contribution in [1.29, 1.82) is 0 Å². The van der Waals surface area contributed by atoms with Crippen LogP contribution >= 0.6 is 0 Å². The molecule has 0 aromatic heterocycles. The topological polar surface area (TPSA) is 0 Å². The van der Waals surface area contributed by atoms with E-state index in [0.29, 0.717) is 0 Å². The lowest BCUT2D eigenvalue weighted by Gasteiger charge is -1.95. The first-order valence-corrected chi connectivity index (χ1v) is 6.23. The molecule has 0 aromatic carbocycles. The van der Waals surface area contributed by atoms with Gasteiger partial charge >= 0.3 is 0 Å². The van der Waals surface area contributed by atoms with Crippen molar-refractivity contribution in [2.75, 3.05) is 0 Å². The summed E-state index contributed by atoms with van der Waals surface area (Å²) in [6.07, 6.45) is 19.5. The Bertz CT molecular complexity index is 142. The van der Waals surface area contributed by atoms with Crippen LogP contribution in [-0.2, 0) is 0 Å². The molecule has 0 heterocycles. The van der Waals surface area contributed by atoms with Gasteiger partial charge in [0.25, 0.3) is 0 Å². The molecule has 0 aliphatic carbocycles.